The van der Waals surface area contributed by atoms with Crippen molar-refractivity contribution in [1.29, 1.82) is 0 Å². The van der Waals surface area contributed by atoms with Crippen LogP contribution in [0.4, 0.5) is 14.5 Å². The molecule has 0 aliphatic carbocycles. The van der Waals surface area contributed by atoms with Crippen molar-refractivity contribution in [1.82, 2.24) is 4.98 Å². The quantitative estimate of drug-likeness (QED) is 0.634. The van der Waals surface area contributed by atoms with Crippen LogP contribution in [0, 0.1) is 17.0 Å². The summed E-state index contributed by atoms with van der Waals surface area (Å²) in [4.78, 5) is 23.4. The van der Waals surface area contributed by atoms with Gasteiger partial charge in [0.1, 0.15) is 5.56 Å². The zero-order valence-electron chi connectivity index (χ0n) is 7.98. The first-order valence-electron chi connectivity index (χ1n) is 4.01. The molecule has 0 amide bonds. The van der Waals surface area contributed by atoms with Gasteiger partial charge in [0.05, 0.1) is 10.5 Å². The molecule has 6 nitrogen and oxygen atoms in total. The van der Waals surface area contributed by atoms with E-state index in [0.29, 0.717) is 6.20 Å². The lowest BCUT2D eigenvalue weighted by Crippen LogP contribution is -2.09. The van der Waals surface area contributed by atoms with Crippen molar-refractivity contribution in [2.45, 2.75) is 13.3 Å². The van der Waals surface area contributed by atoms with Gasteiger partial charge in [-0.2, -0.15) is 0 Å². The fraction of sp³-hybridized carbons (Fsp3) is 0.250. The zero-order valence-corrected chi connectivity index (χ0v) is 7.98. The second-order valence-corrected chi connectivity index (χ2v) is 2.90. The van der Waals surface area contributed by atoms with Gasteiger partial charge in [0.2, 0.25) is 0 Å². The van der Waals surface area contributed by atoms with Crippen molar-refractivity contribution in [3.05, 3.63) is 33.1 Å². The van der Waals surface area contributed by atoms with E-state index in [1.807, 2.05) is 0 Å². The van der Waals surface area contributed by atoms with E-state index in [2.05, 4.69) is 4.98 Å². The predicted octanol–water partition coefficient (Wildman–Crippen LogP) is 1.93. The van der Waals surface area contributed by atoms with Crippen LogP contribution < -0.4 is 0 Å². The van der Waals surface area contributed by atoms with E-state index >= 15 is 0 Å². The summed E-state index contributed by atoms with van der Waals surface area (Å²) >= 11 is 0. The molecule has 0 aliphatic rings. The lowest BCUT2D eigenvalue weighted by molar-refractivity contribution is -0.387. The Morgan fingerprint density at radius 3 is 2.56 bits per heavy atom. The van der Waals surface area contributed by atoms with Gasteiger partial charge in [0.15, 0.2) is 5.69 Å². The lowest BCUT2D eigenvalue weighted by Gasteiger charge is -2.05. The van der Waals surface area contributed by atoms with Gasteiger partial charge in [-0.25, -0.2) is 18.6 Å². The van der Waals surface area contributed by atoms with Gasteiger partial charge in [-0.05, 0) is 6.92 Å². The number of carbonyl (C=O) groups is 1. The first-order valence-corrected chi connectivity index (χ1v) is 4.01. The molecular formula is C8H6F2N2O4. The number of carboxylic acid groups (broad SMARTS) is 1. The van der Waals surface area contributed by atoms with Crippen molar-refractivity contribution in [2.75, 3.05) is 0 Å². The van der Waals surface area contributed by atoms with E-state index in [1.165, 1.54) is 0 Å². The smallest absolute Gasteiger partial charge is 0.355 e. The molecule has 1 rings (SSSR count). The van der Waals surface area contributed by atoms with Crippen molar-refractivity contribution in [3.8, 4) is 0 Å². The first kappa shape index (κ1) is 12.0. The van der Waals surface area contributed by atoms with Crippen molar-refractivity contribution >= 4 is 11.7 Å². The van der Waals surface area contributed by atoms with E-state index in [0.717, 1.165) is 6.92 Å². The van der Waals surface area contributed by atoms with Gasteiger partial charge >= 0.3 is 5.97 Å². The predicted molar refractivity (Wildman–Crippen MR) is 47.5 cm³/mol. The van der Waals surface area contributed by atoms with Crippen LogP contribution in [0.25, 0.3) is 0 Å². The number of nitro groups is 1. The van der Waals surface area contributed by atoms with Gasteiger partial charge < -0.3 is 5.11 Å². The van der Waals surface area contributed by atoms with E-state index in [-0.39, 0.29) is 5.56 Å². The molecule has 0 radical (unpaired) electrons. The Morgan fingerprint density at radius 2 is 2.19 bits per heavy atom. The summed E-state index contributed by atoms with van der Waals surface area (Å²) in [7, 11) is 0. The third-order valence-corrected chi connectivity index (χ3v) is 1.94. The van der Waals surface area contributed by atoms with E-state index in [4.69, 9.17) is 5.11 Å². The molecule has 1 aromatic heterocycles. The number of pyridine rings is 1. The first-order chi connectivity index (χ1) is 7.36. The van der Waals surface area contributed by atoms with Crippen LogP contribution in [-0.2, 0) is 0 Å². The molecule has 1 N–H and O–H groups in total. The molecule has 8 heteroatoms. The van der Waals surface area contributed by atoms with Crippen LogP contribution in [0.5, 0.6) is 0 Å². The van der Waals surface area contributed by atoms with Crippen molar-refractivity contribution in [2.24, 2.45) is 0 Å². The Morgan fingerprint density at radius 1 is 1.62 bits per heavy atom. The summed E-state index contributed by atoms with van der Waals surface area (Å²) in [6.07, 6.45) is -2.56. The Kier molecular flexibility index (Phi) is 3.11. The van der Waals surface area contributed by atoms with Crippen LogP contribution in [0.2, 0.25) is 0 Å². The highest BCUT2D eigenvalue weighted by Crippen LogP contribution is 2.32. The summed E-state index contributed by atoms with van der Waals surface area (Å²) in [6.45, 7) is 1.07. The molecular weight excluding hydrogens is 226 g/mol. The maximum atomic E-state index is 12.4. The average Bonchev–Trinajstić information content (AvgIpc) is 2.15. The molecule has 1 heterocycles. The number of hydrogen-bond donors (Lipinski definition) is 1. The molecule has 0 unspecified atom stereocenters. The largest absolute Gasteiger partial charge is 0.476 e. The molecule has 0 spiro atoms. The number of alkyl halides is 2. The molecule has 0 fully saturated rings. The fourth-order valence-electron chi connectivity index (χ4n) is 1.24. The minimum Gasteiger partial charge on any atom is -0.476 e. The molecule has 86 valence electrons. The second-order valence-electron chi connectivity index (χ2n) is 2.90. The molecule has 16 heavy (non-hydrogen) atoms. The number of aromatic carboxylic acids is 1. The summed E-state index contributed by atoms with van der Waals surface area (Å²) in [6, 6.07) is 0. The Balaban J connectivity index is 3.54. The van der Waals surface area contributed by atoms with Gasteiger partial charge in [0.25, 0.3) is 12.1 Å². The van der Waals surface area contributed by atoms with E-state index < -0.39 is 34.3 Å². The number of aromatic nitrogens is 1. The molecule has 0 atom stereocenters. The van der Waals surface area contributed by atoms with E-state index in [1.54, 1.807) is 0 Å². The highest BCUT2D eigenvalue weighted by atomic mass is 19.3. The topological polar surface area (TPSA) is 93.3 Å². The number of rotatable bonds is 3. The Bertz CT molecular complexity index is 462. The van der Waals surface area contributed by atoms with Crippen LogP contribution in [0.15, 0.2) is 6.20 Å². The second kappa shape index (κ2) is 4.17. The number of hydrogen-bond acceptors (Lipinski definition) is 4. The minimum absolute atomic E-state index is 0.379. The molecule has 0 saturated heterocycles. The Labute approximate surface area is 87.7 Å². The lowest BCUT2D eigenvalue weighted by atomic mass is 10.1. The molecule has 0 bridgehead atoms. The molecule has 0 aromatic carbocycles. The monoisotopic (exact) mass is 232 g/mol. The zero-order chi connectivity index (χ0) is 12.5. The fourth-order valence-corrected chi connectivity index (χ4v) is 1.24. The SMILES string of the molecule is Cc1c(C(=O)O)ncc(C(F)F)c1[N+](=O)[O-]. The average molecular weight is 232 g/mol. The summed E-state index contributed by atoms with van der Waals surface area (Å²) < 4.78 is 24.8. The molecule has 1 aromatic rings. The van der Waals surface area contributed by atoms with Crippen LogP contribution in [0.3, 0.4) is 0 Å². The molecule has 0 saturated carbocycles. The summed E-state index contributed by atoms with van der Waals surface area (Å²) in [5, 5.41) is 19.2. The van der Waals surface area contributed by atoms with Gasteiger partial charge in [-0.3, -0.25) is 10.1 Å². The number of nitrogens with zero attached hydrogens (tertiary/aromatic N) is 2. The van der Waals surface area contributed by atoms with Gasteiger partial charge in [0, 0.05) is 6.20 Å². The van der Waals surface area contributed by atoms with Gasteiger partial charge in [-0.1, -0.05) is 0 Å². The highest BCUT2D eigenvalue weighted by Gasteiger charge is 2.28. The van der Waals surface area contributed by atoms with Crippen LogP contribution in [-0.4, -0.2) is 21.0 Å². The number of carboxylic acids is 1. The molecule has 0 aliphatic heterocycles. The standard InChI is InChI=1S/C8H6F2N2O4/c1-3-5(8(13)14)11-2-4(7(9)10)6(3)12(15)16/h2,7H,1H3,(H,13,14). The maximum absolute atomic E-state index is 12.4. The van der Waals surface area contributed by atoms with Crippen LogP contribution >= 0.6 is 0 Å². The van der Waals surface area contributed by atoms with E-state index in [9.17, 15) is 23.7 Å². The highest BCUT2D eigenvalue weighted by molar-refractivity contribution is 5.88. The maximum Gasteiger partial charge on any atom is 0.355 e. The van der Waals surface area contributed by atoms with Gasteiger partial charge in [-0.15, -0.1) is 0 Å². The number of halogens is 2. The summed E-state index contributed by atoms with van der Waals surface area (Å²) in [5.41, 5.74) is -2.76. The minimum atomic E-state index is -3.07. The van der Waals surface area contributed by atoms with Crippen molar-refractivity contribution in [3.63, 3.8) is 0 Å². The third-order valence-electron chi connectivity index (χ3n) is 1.94. The van der Waals surface area contributed by atoms with Crippen molar-refractivity contribution < 1.29 is 23.6 Å². The van der Waals surface area contributed by atoms with Crippen LogP contribution in [0.1, 0.15) is 28.0 Å². The third kappa shape index (κ3) is 1.95. The normalized spacial score (nSPS) is 10.5. The summed E-state index contributed by atoms with van der Waals surface area (Å²) in [5.74, 6) is -1.50. The Hall–Kier alpha value is -2.12.